The van der Waals surface area contributed by atoms with Crippen LogP contribution in [0.5, 0.6) is 11.6 Å². The standard InChI is InChI=1S/C20H20N4O4/c1-13-7-4-5-9-17(13)28-19-14(8-6-10-21-19)12-22-18(25)16-11-15(20(26)27-3)23-24(16)2/h4-11H,12H2,1-3H3,(H,22,25). The molecule has 0 aliphatic carbocycles. The predicted molar refractivity (Wildman–Crippen MR) is 101 cm³/mol. The fraction of sp³-hybridized carbons (Fsp3) is 0.200. The summed E-state index contributed by atoms with van der Waals surface area (Å²) in [6, 6.07) is 12.6. The first kappa shape index (κ1) is 19.1. The lowest BCUT2D eigenvalue weighted by molar-refractivity contribution is 0.0593. The van der Waals surface area contributed by atoms with E-state index in [-0.39, 0.29) is 23.8 Å². The van der Waals surface area contributed by atoms with Gasteiger partial charge in [-0.2, -0.15) is 5.10 Å². The summed E-state index contributed by atoms with van der Waals surface area (Å²) in [5, 5.41) is 6.78. The number of esters is 1. The summed E-state index contributed by atoms with van der Waals surface area (Å²) in [6.07, 6.45) is 1.63. The van der Waals surface area contributed by atoms with E-state index in [4.69, 9.17) is 4.74 Å². The molecule has 8 nitrogen and oxygen atoms in total. The fourth-order valence-corrected chi connectivity index (χ4v) is 2.58. The number of carbonyl (C=O) groups is 2. The lowest BCUT2D eigenvalue weighted by Gasteiger charge is -2.12. The SMILES string of the molecule is COC(=O)c1cc(C(=O)NCc2cccnc2Oc2ccccc2C)n(C)n1. The minimum Gasteiger partial charge on any atom is -0.464 e. The van der Waals surface area contributed by atoms with Crippen molar-refractivity contribution in [2.75, 3.05) is 7.11 Å². The van der Waals surface area contributed by atoms with Crippen molar-refractivity contribution in [1.82, 2.24) is 20.1 Å². The zero-order valence-corrected chi connectivity index (χ0v) is 15.8. The lowest BCUT2D eigenvalue weighted by Crippen LogP contribution is -2.25. The number of nitrogens with zero attached hydrogens (tertiary/aromatic N) is 3. The molecule has 3 aromatic rings. The first-order valence-corrected chi connectivity index (χ1v) is 8.57. The molecular weight excluding hydrogens is 360 g/mol. The molecule has 0 saturated heterocycles. The number of amides is 1. The van der Waals surface area contributed by atoms with E-state index in [1.807, 2.05) is 37.3 Å². The van der Waals surface area contributed by atoms with Crippen LogP contribution in [-0.4, -0.2) is 33.8 Å². The van der Waals surface area contributed by atoms with Crippen LogP contribution in [0.25, 0.3) is 0 Å². The molecule has 1 aromatic carbocycles. The Kier molecular flexibility index (Phi) is 5.69. The largest absolute Gasteiger partial charge is 0.464 e. The van der Waals surface area contributed by atoms with Crippen LogP contribution in [0.15, 0.2) is 48.7 Å². The number of hydrogen-bond acceptors (Lipinski definition) is 6. The van der Waals surface area contributed by atoms with Crippen LogP contribution in [0, 0.1) is 6.92 Å². The van der Waals surface area contributed by atoms with Gasteiger partial charge in [0.25, 0.3) is 5.91 Å². The van der Waals surface area contributed by atoms with Crippen molar-refractivity contribution in [3.63, 3.8) is 0 Å². The van der Waals surface area contributed by atoms with E-state index < -0.39 is 5.97 Å². The van der Waals surface area contributed by atoms with Gasteiger partial charge in [0, 0.05) is 31.4 Å². The van der Waals surface area contributed by atoms with Gasteiger partial charge in [-0.3, -0.25) is 9.48 Å². The van der Waals surface area contributed by atoms with E-state index in [0.29, 0.717) is 11.6 Å². The van der Waals surface area contributed by atoms with Gasteiger partial charge in [0.05, 0.1) is 7.11 Å². The molecule has 0 radical (unpaired) electrons. The number of ether oxygens (including phenoxy) is 2. The molecule has 1 N–H and O–H groups in total. The van der Waals surface area contributed by atoms with Crippen molar-refractivity contribution in [3.8, 4) is 11.6 Å². The first-order chi connectivity index (χ1) is 13.5. The van der Waals surface area contributed by atoms with Crippen LogP contribution in [0.4, 0.5) is 0 Å². The molecule has 0 aliphatic heterocycles. The van der Waals surface area contributed by atoms with Crippen molar-refractivity contribution >= 4 is 11.9 Å². The Morgan fingerprint density at radius 3 is 2.71 bits per heavy atom. The van der Waals surface area contributed by atoms with Gasteiger partial charge in [-0.05, 0) is 24.6 Å². The summed E-state index contributed by atoms with van der Waals surface area (Å²) in [5.74, 6) is 0.132. The van der Waals surface area contributed by atoms with E-state index in [1.54, 1.807) is 19.3 Å². The van der Waals surface area contributed by atoms with Crippen LogP contribution in [0.1, 0.15) is 32.1 Å². The van der Waals surface area contributed by atoms with Crippen molar-refractivity contribution in [1.29, 1.82) is 0 Å². The minimum atomic E-state index is -0.601. The van der Waals surface area contributed by atoms with E-state index in [9.17, 15) is 9.59 Å². The molecule has 0 atom stereocenters. The minimum absolute atomic E-state index is 0.0695. The second kappa shape index (κ2) is 8.34. The van der Waals surface area contributed by atoms with Gasteiger partial charge >= 0.3 is 5.97 Å². The Bertz CT molecular complexity index is 1010. The highest BCUT2D eigenvalue weighted by Crippen LogP contribution is 2.25. The Hall–Kier alpha value is -3.68. The Balaban J connectivity index is 1.73. The number of methoxy groups -OCH3 is 1. The van der Waals surface area contributed by atoms with Gasteiger partial charge in [-0.1, -0.05) is 24.3 Å². The zero-order chi connectivity index (χ0) is 20.1. The quantitative estimate of drug-likeness (QED) is 0.661. The number of para-hydroxylation sites is 1. The van der Waals surface area contributed by atoms with Crippen LogP contribution < -0.4 is 10.1 Å². The van der Waals surface area contributed by atoms with Gasteiger partial charge in [-0.15, -0.1) is 0 Å². The van der Waals surface area contributed by atoms with Crippen LogP contribution in [0.3, 0.4) is 0 Å². The Morgan fingerprint density at radius 2 is 1.96 bits per heavy atom. The number of benzene rings is 1. The van der Waals surface area contributed by atoms with Crippen LogP contribution in [0.2, 0.25) is 0 Å². The summed E-state index contributed by atoms with van der Waals surface area (Å²) in [5.41, 5.74) is 2.01. The molecule has 144 valence electrons. The van der Waals surface area contributed by atoms with Crippen molar-refractivity contribution in [3.05, 3.63) is 71.2 Å². The average molecular weight is 380 g/mol. The third-order valence-electron chi connectivity index (χ3n) is 4.10. The lowest BCUT2D eigenvalue weighted by atomic mass is 10.2. The Morgan fingerprint density at radius 1 is 1.18 bits per heavy atom. The number of aryl methyl sites for hydroxylation is 2. The average Bonchev–Trinajstić information content (AvgIpc) is 3.10. The van der Waals surface area contributed by atoms with Crippen LogP contribution >= 0.6 is 0 Å². The summed E-state index contributed by atoms with van der Waals surface area (Å²) >= 11 is 0. The molecule has 2 heterocycles. The summed E-state index contributed by atoms with van der Waals surface area (Å²) in [7, 11) is 2.84. The number of pyridine rings is 1. The van der Waals surface area contributed by atoms with E-state index in [0.717, 1.165) is 11.1 Å². The second-order valence-electron chi connectivity index (χ2n) is 6.05. The van der Waals surface area contributed by atoms with Crippen molar-refractivity contribution in [2.45, 2.75) is 13.5 Å². The molecule has 0 unspecified atom stereocenters. The highest BCUT2D eigenvalue weighted by Gasteiger charge is 2.18. The molecule has 0 saturated carbocycles. The van der Waals surface area contributed by atoms with E-state index >= 15 is 0 Å². The number of nitrogens with one attached hydrogen (secondary N) is 1. The van der Waals surface area contributed by atoms with Crippen molar-refractivity contribution < 1.29 is 19.1 Å². The summed E-state index contributed by atoms with van der Waals surface area (Å²) in [4.78, 5) is 28.3. The smallest absolute Gasteiger partial charge is 0.358 e. The van der Waals surface area contributed by atoms with E-state index in [1.165, 1.54) is 17.9 Å². The van der Waals surface area contributed by atoms with Gasteiger partial charge in [-0.25, -0.2) is 9.78 Å². The zero-order valence-electron chi connectivity index (χ0n) is 15.8. The maximum Gasteiger partial charge on any atom is 0.358 e. The van der Waals surface area contributed by atoms with Gasteiger partial charge in [0.2, 0.25) is 5.88 Å². The van der Waals surface area contributed by atoms with Crippen LogP contribution in [-0.2, 0) is 18.3 Å². The first-order valence-electron chi connectivity index (χ1n) is 8.57. The molecule has 0 aliphatic rings. The Labute approximate surface area is 162 Å². The molecular formula is C20H20N4O4. The monoisotopic (exact) mass is 380 g/mol. The maximum absolute atomic E-state index is 12.5. The summed E-state index contributed by atoms with van der Waals surface area (Å²) < 4.78 is 11.9. The molecule has 1 amide bonds. The maximum atomic E-state index is 12.5. The third kappa shape index (κ3) is 4.17. The molecule has 8 heteroatoms. The summed E-state index contributed by atoms with van der Waals surface area (Å²) in [6.45, 7) is 2.15. The highest BCUT2D eigenvalue weighted by molar-refractivity contribution is 5.96. The fourth-order valence-electron chi connectivity index (χ4n) is 2.58. The van der Waals surface area contributed by atoms with Crippen molar-refractivity contribution in [2.24, 2.45) is 7.05 Å². The van der Waals surface area contributed by atoms with Gasteiger partial charge in [0.15, 0.2) is 5.69 Å². The van der Waals surface area contributed by atoms with Gasteiger partial charge < -0.3 is 14.8 Å². The molecule has 0 spiro atoms. The molecule has 3 rings (SSSR count). The van der Waals surface area contributed by atoms with Gasteiger partial charge in [0.1, 0.15) is 11.4 Å². The second-order valence-corrected chi connectivity index (χ2v) is 6.05. The number of hydrogen-bond donors (Lipinski definition) is 1. The topological polar surface area (TPSA) is 95.3 Å². The number of carbonyl (C=O) groups excluding carboxylic acids is 2. The molecule has 0 fully saturated rings. The third-order valence-corrected chi connectivity index (χ3v) is 4.10. The molecule has 2 aromatic heterocycles. The van der Waals surface area contributed by atoms with E-state index in [2.05, 4.69) is 20.1 Å². The number of aromatic nitrogens is 3. The highest BCUT2D eigenvalue weighted by atomic mass is 16.5. The number of rotatable bonds is 6. The normalized spacial score (nSPS) is 10.4. The predicted octanol–water partition coefficient (Wildman–Crippen LogP) is 2.63. The molecule has 28 heavy (non-hydrogen) atoms. The molecule has 0 bridgehead atoms.